The molecule has 0 spiro atoms. The second-order valence-electron chi connectivity index (χ2n) is 15.7. The Balaban J connectivity index is 1.83. The molecule has 0 saturated carbocycles. The Bertz CT molecular complexity index is 1780. The summed E-state index contributed by atoms with van der Waals surface area (Å²) in [7, 11) is 0. The van der Waals surface area contributed by atoms with Crippen molar-refractivity contribution in [3.63, 3.8) is 0 Å². The molecule has 0 saturated heterocycles. The van der Waals surface area contributed by atoms with Crippen LogP contribution in [0.25, 0.3) is 33.1 Å². The molecule has 0 fully saturated rings. The Morgan fingerprint density at radius 3 is 1.19 bits per heavy atom. The lowest BCUT2D eigenvalue weighted by Crippen LogP contribution is -2.20. The fourth-order valence-corrected chi connectivity index (χ4v) is 8.64. The molecule has 2 aliphatic carbocycles. The van der Waals surface area contributed by atoms with Crippen LogP contribution < -0.4 is 0 Å². The maximum atomic E-state index is 4.10. The molecular formula is C47H54. The minimum atomic E-state index is -0.235. The van der Waals surface area contributed by atoms with Crippen LogP contribution in [0.3, 0.4) is 0 Å². The van der Waals surface area contributed by atoms with Gasteiger partial charge < -0.3 is 0 Å². The number of hydrogen-bond donors (Lipinski definition) is 0. The van der Waals surface area contributed by atoms with Crippen LogP contribution in [0, 0.1) is 5.41 Å². The third-order valence-electron chi connectivity index (χ3n) is 10.7. The van der Waals surface area contributed by atoms with Crippen molar-refractivity contribution in [1.82, 2.24) is 0 Å². The van der Waals surface area contributed by atoms with E-state index in [4.69, 9.17) is 0 Å². The first kappa shape index (κ1) is 33.0. The minimum absolute atomic E-state index is 0.235. The summed E-state index contributed by atoms with van der Waals surface area (Å²) in [5, 5.41) is 2.74. The molecule has 0 heterocycles. The Kier molecular flexibility index (Phi) is 8.63. The van der Waals surface area contributed by atoms with E-state index in [9.17, 15) is 0 Å². The number of fused-ring (bicyclic) bond motifs is 3. The SMILES string of the molecule is C=CCc1cc(C(C)C)c(C2=C3C(=C(c4c(C(C)C)cc(CC=C)cc4C(C)C)C2(C)C)c2cccc4cccc3c24)c(C(C)C)c1. The molecule has 0 nitrogen and oxygen atoms in total. The molecule has 0 radical (unpaired) electrons. The lowest BCUT2D eigenvalue weighted by molar-refractivity contribution is 0.670. The van der Waals surface area contributed by atoms with Crippen molar-refractivity contribution in [2.45, 2.75) is 106 Å². The van der Waals surface area contributed by atoms with Crippen LogP contribution in [-0.2, 0) is 12.8 Å². The van der Waals surface area contributed by atoms with E-state index in [0.717, 1.165) is 12.8 Å². The van der Waals surface area contributed by atoms with Gasteiger partial charge in [0.15, 0.2) is 0 Å². The molecular weight excluding hydrogens is 565 g/mol. The number of hydrogen-bond acceptors (Lipinski definition) is 0. The van der Waals surface area contributed by atoms with Gasteiger partial charge in [-0.05, 0) is 125 Å². The van der Waals surface area contributed by atoms with Crippen LogP contribution in [0.2, 0.25) is 0 Å². The van der Waals surface area contributed by atoms with E-state index in [1.54, 1.807) is 0 Å². The summed E-state index contributed by atoms with van der Waals surface area (Å²) in [6, 6.07) is 23.9. The van der Waals surface area contributed by atoms with Crippen molar-refractivity contribution in [2.24, 2.45) is 5.41 Å². The number of benzene rings is 4. The molecule has 0 aromatic heterocycles. The second-order valence-corrected chi connectivity index (χ2v) is 15.7. The van der Waals surface area contributed by atoms with E-state index >= 15 is 0 Å². The predicted molar refractivity (Wildman–Crippen MR) is 208 cm³/mol. The Morgan fingerprint density at radius 1 is 0.553 bits per heavy atom. The van der Waals surface area contributed by atoms with Gasteiger partial charge in [-0.15, -0.1) is 13.2 Å². The molecule has 6 rings (SSSR count). The number of rotatable bonds is 10. The van der Waals surface area contributed by atoms with Crippen molar-refractivity contribution in [1.29, 1.82) is 0 Å². The van der Waals surface area contributed by atoms with Gasteiger partial charge in [-0.1, -0.05) is 142 Å². The third kappa shape index (κ3) is 5.20. The highest BCUT2D eigenvalue weighted by Gasteiger charge is 2.47. The molecule has 4 aromatic carbocycles. The standard InChI is InChI=1S/C47H54/c1-13-17-31-23-36(27(3)4)41(37(24-31)28(5)6)45-43-34-21-15-19-33-20-16-22-35(40(33)34)44(43)46(47(45,11)12)42-38(29(7)8)25-32(18-14-2)26-39(42)30(9)10/h13-16,19-30H,1-2,17-18H2,3-12H3. The molecule has 0 heteroatoms. The molecule has 47 heavy (non-hydrogen) atoms. The first-order chi connectivity index (χ1) is 22.3. The molecule has 0 amide bonds. The Labute approximate surface area is 285 Å². The zero-order chi connectivity index (χ0) is 33.9. The van der Waals surface area contributed by atoms with Gasteiger partial charge in [0.2, 0.25) is 0 Å². The molecule has 0 atom stereocenters. The Morgan fingerprint density at radius 2 is 0.894 bits per heavy atom. The van der Waals surface area contributed by atoms with E-state index in [1.165, 1.54) is 88.7 Å². The van der Waals surface area contributed by atoms with E-state index in [-0.39, 0.29) is 5.41 Å². The van der Waals surface area contributed by atoms with Crippen LogP contribution in [0.1, 0.15) is 149 Å². The van der Waals surface area contributed by atoms with Crippen LogP contribution in [0.15, 0.2) is 86.0 Å². The molecule has 242 valence electrons. The lowest BCUT2D eigenvalue weighted by Gasteiger charge is -2.35. The van der Waals surface area contributed by atoms with Crippen LogP contribution in [-0.4, -0.2) is 0 Å². The highest BCUT2D eigenvalue weighted by molar-refractivity contribution is 6.37. The fourth-order valence-electron chi connectivity index (χ4n) is 8.64. The molecule has 0 bridgehead atoms. The maximum Gasteiger partial charge on any atom is 0.0171 e. The van der Waals surface area contributed by atoms with Crippen LogP contribution >= 0.6 is 0 Å². The highest BCUT2D eigenvalue weighted by atomic mass is 14.5. The topological polar surface area (TPSA) is 0 Å². The van der Waals surface area contributed by atoms with Crippen molar-refractivity contribution < 1.29 is 0 Å². The monoisotopic (exact) mass is 618 g/mol. The summed E-state index contributed by atoms with van der Waals surface area (Å²) in [4.78, 5) is 0. The number of allylic oxidation sites excluding steroid dienone is 6. The maximum absolute atomic E-state index is 4.10. The van der Waals surface area contributed by atoms with E-state index < -0.39 is 0 Å². The summed E-state index contributed by atoms with van der Waals surface area (Å²) in [5.41, 5.74) is 20.0. The molecule has 0 N–H and O–H groups in total. The molecule has 2 aliphatic rings. The largest absolute Gasteiger partial charge is 0.103 e. The first-order valence-corrected chi connectivity index (χ1v) is 17.9. The average Bonchev–Trinajstić information content (AvgIpc) is 3.45. The summed E-state index contributed by atoms with van der Waals surface area (Å²) in [5.74, 6) is 1.55. The van der Waals surface area contributed by atoms with Crippen molar-refractivity contribution in [2.75, 3.05) is 0 Å². The first-order valence-electron chi connectivity index (χ1n) is 17.9. The van der Waals surface area contributed by atoms with Crippen LogP contribution in [0.4, 0.5) is 0 Å². The molecule has 0 aliphatic heterocycles. The van der Waals surface area contributed by atoms with Crippen LogP contribution in [0.5, 0.6) is 0 Å². The summed E-state index contributed by atoms with van der Waals surface area (Å²) < 4.78 is 0. The second kappa shape index (κ2) is 12.3. The zero-order valence-electron chi connectivity index (χ0n) is 30.6. The minimum Gasteiger partial charge on any atom is -0.103 e. The van der Waals surface area contributed by atoms with Gasteiger partial charge >= 0.3 is 0 Å². The lowest BCUT2D eigenvalue weighted by atomic mass is 9.68. The Hall–Kier alpha value is -3.90. The molecule has 4 aromatic rings. The van der Waals surface area contributed by atoms with Gasteiger partial charge in [-0.2, -0.15) is 0 Å². The normalized spacial score (nSPS) is 15.3. The fraction of sp³-hybridized carbons (Fsp3) is 0.362. The quantitative estimate of drug-likeness (QED) is 0.155. The van der Waals surface area contributed by atoms with Gasteiger partial charge in [0, 0.05) is 5.41 Å². The summed E-state index contributed by atoms with van der Waals surface area (Å²) in [6.45, 7) is 32.2. The molecule has 0 unspecified atom stereocenters. The van der Waals surface area contributed by atoms with Crippen molar-refractivity contribution in [3.05, 3.63) is 142 Å². The summed E-state index contributed by atoms with van der Waals surface area (Å²) >= 11 is 0. The van der Waals surface area contributed by atoms with E-state index in [2.05, 4.69) is 143 Å². The van der Waals surface area contributed by atoms with Gasteiger partial charge in [0.05, 0.1) is 0 Å². The smallest absolute Gasteiger partial charge is 0.0171 e. The summed E-state index contributed by atoms with van der Waals surface area (Å²) in [6.07, 6.45) is 5.88. The van der Waals surface area contributed by atoms with Gasteiger partial charge in [0.25, 0.3) is 0 Å². The van der Waals surface area contributed by atoms with Gasteiger partial charge in [-0.25, -0.2) is 0 Å². The van der Waals surface area contributed by atoms with Crippen molar-refractivity contribution >= 4 is 33.1 Å². The van der Waals surface area contributed by atoms with Crippen molar-refractivity contribution in [3.8, 4) is 0 Å². The predicted octanol–water partition coefficient (Wildman–Crippen LogP) is 13.7. The van der Waals surface area contributed by atoms with E-state index in [0.29, 0.717) is 23.7 Å². The highest BCUT2D eigenvalue weighted by Crippen LogP contribution is 2.67. The zero-order valence-corrected chi connectivity index (χ0v) is 30.6. The average molecular weight is 619 g/mol. The van der Waals surface area contributed by atoms with E-state index in [1.807, 2.05) is 12.2 Å². The third-order valence-corrected chi connectivity index (χ3v) is 10.7. The van der Waals surface area contributed by atoms with Gasteiger partial charge in [-0.3, -0.25) is 0 Å². The van der Waals surface area contributed by atoms with Gasteiger partial charge in [0.1, 0.15) is 0 Å².